The molecule has 1 aliphatic rings. The number of nitrogens with zero attached hydrogens (tertiary/aromatic N) is 2. The molecule has 8 nitrogen and oxygen atoms in total. The summed E-state index contributed by atoms with van der Waals surface area (Å²) in [5.74, 6) is 0.462. The molecule has 1 amide bonds. The number of nitrogens with one attached hydrogen (secondary N) is 1. The molecule has 150 valence electrons. The highest BCUT2D eigenvalue weighted by molar-refractivity contribution is 7.80. The van der Waals surface area contributed by atoms with Crippen molar-refractivity contribution in [2.75, 3.05) is 14.2 Å². The molecule has 0 spiro atoms. The number of carbonyl (C=O) groups excluding carboxylic acids is 1. The number of methoxy groups -OCH3 is 1. The van der Waals surface area contributed by atoms with Crippen molar-refractivity contribution in [3.05, 3.63) is 68.4 Å². The van der Waals surface area contributed by atoms with Gasteiger partial charge in [-0.25, -0.2) is 0 Å². The van der Waals surface area contributed by atoms with Gasteiger partial charge in [-0.15, -0.1) is 0 Å². The maximum atomic E-state index is 12.1. The van der Waals surface area contributed by atoms with Crippen molar-refractivity contribution in [3.8, 4) is 11.5 Å². The average molecular weight is 434 g/mol. The van der Waals surface area contributed by atoms with Gasteiger partial charge in [-0.1, -0.05) is 11.6 Å². The van der Waals surface area contributed by atoms with Crippen LogP contribution in [0.1, 0.15) is 11.1 Å². The molecule has 1 fully saturated rings. The Bertz CT molecular complexity index is 1020. The highest BCUT2D eigenvalue weighted by Crippen LogP contribution is 2.37. The van der Waals surface area contributed by atoms with Gasteiger partial charge in [0, 0.05) is 19.2 Å². The third-order valence-corrected chi connectivity index (χ3v) is 4.83. The van der Waals surface area contributed by atoms with E-state index in [0.29, 0.717) is 32.9 Å². The fourth-order valence-electron chi connectivity index (χ4n) is 2.62. The van der Waals surface area contributed by atoms with E-state index in [-0.39, 0.29) is 18.2 Å². The summed E-state index contributed by atoms with van der Waals surface area (Å²) in [6.07, 6.45) is 1.62. The fourth-order valence-corrected chi connectivity index (χ4v) is 3.09. The van der Waals surface area contributed by atoms with Gasteiger partial charge in [-0.2, -0.15) is 0 Å². The lowest BCUT2D eigenvalue weighted by atomic mass is 10.1. The van der Waals surface area contributed by atoms with Gasteiger partial charge >= 0.3 is 0 Å². The molecule has 1 N–H and O–H groups in total. The second kappa shape index (κ2) is 8.46. The summed E-state index contributed by atoms with van der Waals surface area (Å²) in [5.41, 5.74) is 1.69. The Kier molecular flexibility index (Phi) is 6.00. The molecule has 29 heavy (non-hydrogen) atoms. The molecule has 2 aromatic rings. The molecular weight excluding hydrogens is 418 g/mol. The molecule has 0 aromatic heterocycles. The summed E-state index contributed by atoms with van der Waals surface area (Å²) in [5, 5.41) is 14.2. The van der Waals surface area contributed by atoms with Gasteiger partial charge in [0.05, 0.1) is 17.1 Å². The third-order valence-electron chi connectivity index (χ3n) is 4.17. The van der Waals surface area contributed by atoms with Crippen molar-refractivity contribution >= 4 is 46.6 Å². The van der Waals surface area contributed by atoms with Crippen LogP contribution >= 0.6 is 23.8 Å². The number of rotatable bonds is 6. The number of nitro benzene ring substituents is 1. The average Bonchev–Trinajstić information content (AvgIpc) is 2.93. The molecule has 0 unspecified atom stereocenters. The minimum Gasteiger partial charge on any atom is -0.493 e. The Balaban J connectivity index is 1.81. The van der Waals surface area contributed by atoms with Gasteiger partial charge in [-0.3, -0.25) is 19.8 Å². The number of thiocarbonyl (C=S) groups is 1. The second-order valence-electron chi connectivity index (χ2n) is 6.10. The lowest BCUT2D eigenvalue weighted by Crippen LogP contribution is -2.25. The summed E-state index contributed by atoms with van der Waals surface area (Å²) in [6.45, 7) is 0.146. The molecule has 1 aliphatic heterocycles. The minimum atomic E-state index is -0.466. The smallest absolute Gasteiger partial charge is 0.276 e. The van der Waals surface area contributed by atoms with E-state index in [0.717, 1.165) is 5.56 Å². The van der Waals surface area contributed by atoms with Crippen molar-refractivity contribution in [1.82, 2.24) is 10.2 Å². The van der Waals surface area contributed by atoms with E-state index in [9.17, 15) is 14.9 Å². The van der Waals surface area contributed by atoms with Crippen LogP contribution in [0.4, 0.5) is 5.69 Å². The molecule has 0 aliphatic carbocycles. The van der Waals surface area contributed by atoms with Crippen molar-refractivity contribution in [2.24, 2.45) is 0 Å². The van der Waals surface area contributed by atoms with E-state index < -0.39 is 4.92 Å². The van der Waals surface area contributed by atoms with Crippen LogP contribution in [0.2, 0.25) is 5.02 Å². The van der Waals surface area contributed by atoms with Gasteiger partial charge < -0.3 is 14.8 Å². The quantitative estimate of drug-likeness (QED) is 0.322. The van der Waals surface area contributed by atoms with E-state index in [2.05, 4.69) is 5.32 Å². The van der Waals surface area contributed by atoms with Crippen molar-refractivity contribution in [1.29, 1.82) is 0 Å². The van der Waals surface area contributed by atoms with Crippen LogP contribution in [-0.4, -0.2) is 35.0 Å². The highest BCUT2D eigenvalue weighted by Gasteiger charge is 2.27. The normalized spacial score (nSPS) is 14.9. The van der Waals surface area contributed by atoms with Crippen molar-refractivity contribution in [2.45, 2.75) is 6.61 Å². The predicted octanol–water partition coefficient (Wildman–Crippen LogP) is 3.52. The van der Waals surface area contributed by atoms with Crippen LogP contribution in [0.15, 0.2) is 42.1 Å². The van der Waals surface area contributed by atoms with Gasteiger partial charge in [0.1, 0.15) is 12.3 Å². The number of benzene rings is 2. The van der Waals surface area contributed by atoms with Crippen molar-refractivity contribution in [3.63, 3.8) is 0 Å². The van der Waals surface area contributed by atoms with E-state index in [1.165, 1.54) is 24.1 Å². The van der Waals surface area contributed by atoms with Crippen LogP contribution in [0.3, 0.4) is 0 Å². The molecule has 1 saturated heterocycles. The van der Waals surface area contributed by atoms with Crippen LogP contribution in [0, 0.1) is 10.1 Å². The van der Waals surface area contributed by atoms with E-state index in [1.807, 2.05) is 0 Å². The summed E-state index contributed by atoms with van der Waals surface area (Å²) in [7, 11) is 3.06. The molecule has 0 atom stereocenters. The lowest BCUT2D eigenvalue weighted by Gasteiger charge is -2.13. The number of likely N-dealkylation sites (N-methyl/N-ethyl adjacent to an activating group) is 1. The fraction of sp³-hybridized carbons (Fsp3) is 0.158. The van der Waals surface area contributed by atoms with Crippen LogP contribution in [-0.2, 0) is 11.4 Å². The number of carbonyl (C=O) groups is 1. The van der Waals surface area contributed by atoms with E-state index in [1.54, 1.807) is 37.4 Å². The number of non-ortho nitro benzene ring substituents is 1. The Morgan fingerprint density at radius 2 is 2.00 bits per heavy atom. The zero-order valence-electron chi connectivity index (χ0n) is 15.5. The third kappa shape index (κ3) is 4.47. The molecule has 0 bridgehead atoms. The summed E-state index contributed by atoms with van der Waals surface area (Å²) < 4.78 is 11.1. The summed E-state index contributed by atoms with van der Waals surface area (Å²) >= 11 is 11.4. The molecule has 0 saturated carbocycles. The number of halogens is 1. The molecule has 1 heterocycles. The number of hydrogen-bond acceptors (Lipinski definition) is 6. The predicted molar refractivity (Wildman–Crippen MR) is 112 cm³/mol. The monoisotopic (exact) mass is 433 g/mol. The van der Waals surface area contributed by atoms with Gasteiger partial charge in [0.2, 0.25) is 0 Å². The zero-order chi connectivity index (χ0) is 21.1. The van der Waals surface area contributed by atoms with E-state index in [4.69, 9.17) is 33.3 Å². The standard InChI is InChI=1S/C19H16ClN3O5S/c1-22-18(24)15(21-19(22)29)8-12-7-14(20)17(16(9-12)27-2)28-10-11-3-5-13(6-4-11)23(25)26/h3-9H,10H2,1-2H3,(H,21,29)/b15-8-. The molecular formula is C19H16ClN3O5S. The SMILES string of the molecule is COc1cc(/C=C2\NC(=S)N(C)C2=O)cc(Cl)c1OCc1ccc([N+](=O)[O-])cc1. The summed E-state index contributed by atoms with van der Waals surface area (Å²) in [4.78, 5) is 23.7. The van der Waals surface area contributed by atoms with Crippen LogP contribution in [0.25, 0.3) is 6.08 Å². The number of hydrogen-bond donors (Lipinski definition) is 1. The zero-order valence-corrected chi connectivity index (χ0v) is 17.0. The minimum absolute atomic E-state index is 0.00180. The first kappa shape index (κ1) is 20.6. The molecule has 10 heteroatoms. The number of ether oxygens (including phenoxy) is 2. The maximum Gasteiger partial charge on any atom is 0.276 e. The van der Waals surface area contributed by atoms with Gasteiger partial charge in [-0.05, 0) is 53.7 Å². The molecule has 3 rings (SSSR count). The van der Waals surface area contributed by atoms with Gasteiger partial charge in [0.25, 0.3) is 11.6 Å². The Labute approximate surface area is 176 Å². The highest BCUT2D eigenvalue weighted by atomic mass is 35.5. The Morgan fingerprint density at radius 1 is 1.31 bits per heavy atom. The first-order valence-corrected chi connectivity index (χ1v) is 9.13. The summed E-state index contributed by atoms with van der Waals surface area (Å²) in [6, 6.07) is 9.33. The number of amides is 1. The Hall–Kier alpha value is -3.17. The van der Waals surface area contributed by atoms with Crippen LogP contribution < -0.4 is 14.8 Å². The van der Waals surface area contributed by atoms with Crippen LogP contribution in [0.5, 0.6) is 11.5 Å². The van der Waals surface area contributed by atoms with E-state index >= 15 is 0 Å². The van der Waals surface area contributed by atoms with Crippen molar-refractivity contribution < 1.29 is 19.2 Å². The first-order chi connectivity index (χ1) is 13.8. The molecule has 2 aromatic carbocycles. The largest absolute Gasteiger partial charge is 0.493 e. The molecule has 0 radical (unpaired) electrons. The maximum absolute atomic E-state index is 12.1. The lowest BCUT2D eigenvalue weighted by molar-refractivity contribution is -0.384. The first-order valence-electron chi connectivity index (χ1n) is 8.34. The second-order valence-corrected chi connectivity index (χ2v) is 6.89. The number of nitro groups is 1. The Morgan fingerprint density at radius 3 is 2.55 bits per heavy atom. The topological polar surface area (TPSA) is 93.9 Å². The van der Waals surface area contributed by atoms with Gasteiger partial charge in [0.15, 0.2) is 16.6 Å².